The van der Waals surface area contributed by atoms with Crippen LogP contribution in [0.25, 0.3) is 0 Å². The SMILES string of the molecule is Cc1ccnc(NC(C)CC(C)Br)n1. The first-order valence-corrected chi connectivity index (χ1v) is 5.69. The van der Waals surface area contributed by atoms with Crippen molar-refractivity contribution in [3.63, 3.8) is 0 Å². The lowest BCUT2D eigenvalue weighted by atomic mass is 10.2. The number of aryl methyl sites for hydroxylation is 1. The Bertz CT molecular complexity index is 288. The second-order valence-corrected chi connectivity index (χ2v) is 5.15. The highest BCUT2D eigenvalue weighted by Crippen LogP contribution is 2.10. The van der Waals surface area contributed by atoms with E-state index in [4.69, 9.17) is 0 Å². The maximum atomic E-state index is 4.28. The van der Waals surface area contributed by atoms with Gasteiger partial charge in [0.05, 0.1) is 0 Å². The lowest BCUT2D eigenvalue weighted by molar-refractivity contribution is 0.700. The molecular weight excluding hydrogens is 242 g/mol. The van der Waals surface area contributed by atoms with Gasteiger partial charge >= 0.3 is 0 Å². The van der Waals surface area contributed by atoms with Crippen LogP contribution in [0.1, 0.15) is 26.0 Å². The first-order valence-electron chi connectivity index (χ1n) is 4.78. The predicted octanol–water partition coefficient (Wildman–Crippen LogP) is 2.76. The molecule has 0 aliphatic rings. The molecule has 2 unspecified atom stereocenters. The number of hydrogen-bond acceptors (Lipinski definition) is 3. The lowest BCUT2D eigenvalue weighted by Gasteiger charge is -2.14. The van der Waals surface area contributed by atoms with Crippen LogP contribution >= 0.6 is 15.9 Å². The molecule has 1 aromatic heterocycles. The van der Waals surface area contributed by atoms with E-state index in [2.05, 4.69) is 45.1 Å². The number of nitrogens with zero attached hydrogens (tertiary/aromatic N) is 2. The number of alkyl halides is 1. The molecule has 0 aromatic carbocycles. The maximum Gasteiger partial charge on any atom is 0.223 e. The zero-order chi connectivity index (χ0) is 10.6. The van der Waals surface area contributed by atoms with E-state index >= 15 is 0 Å². The number of aromatic nitrogens is 2. The van der Waals surface area contributed by atoms with Crippen molar-refractivity contribution in [2.45, 2.75) is 38.1 Å². The van der Waals surface area contributed by atoms with E-state index in [1.165, 1.54) is 0 Å². The van der Waals surface area contributed by atoms with Gasteiger partial charge in [0, 0.05) is 22.8 Å². The predicted molar refractivity (Wildman–Crippen MR) is 62.9 cm³/mol. The molecule has 0 spiro atoms. The number of nitrogens with one attached hydrogen (secondary N) is 1. The Hall–Kier alpha value is -0.640. The summed E-state index contributed by atoms with van der Waals surface area (Å²) in [4.78, 5) is 8.94. The minimum atomic E-state index is 0.381. The molecule has 0 aliphatic carbocycles. The quantitative estimate of drug-likeness (QED) is 0.844. The van der Waals surface area contributed by atoms with Gasteiger partial charge in [-0.2, -0.15) is 0 Å². The summed E-state index contributed by atoms with van der Waals surface area (Å²) >= 11 is 3.52. The first kappa shape index (κ1) is 11.4. The van der Waals surface area contributed by atoms with Gasteiger partial charge in [0.25, 0.3) is 0 Å². The molecule has 78 valence electrons. The largest absolute Gasteiger partial charge is 0.352 e. The van der Waals surface area contributed by atoms with E-state index in [9.17, 15) is 0 Å². The Labute approximate surface area is 93.5 Å². The molecule has 3 nitrogen and oxygen atoms in total. The molecule has 0 bridgehead atoms. The normalized spacial score (nSPS) is 14.9. The lowest BCUT2D eigenvalue weighted by Crippen LogP contribution is -2.19. The van der Waals surface area contributed by atoms with Crippen molar-refractivity contribution in [2.75, 3.05) is 5.32 Å². The molecular formula is C10H16BrN3. The summed E-state index contributed by atoms with van der Waals surface area (Å²) in [7, 11) is 0. The van der Waals surface area contributed by atoms with Crippen molar-refractivity contribution in [1.29, 1.82) is 0 Å². The zero-order valence-corrected chi connectivity index (χ0v) is 10.4. The van der Waals surface area contributed by atoms with Crippen molar-refractivity contribution in [1.82, 2.24) is 9.97 Å². The highest BCUT2D eigenvalue weighted by molar-refractivity contribution is 9.09. The van der Waals surface area contributed by atoms with Crippen LogP contribution in [-0.2, 0) is 0 Å². The Morgan fingerprint density at radius 1 is 1.50 bits per heavy atom. The van der Waals surface area contributed by atoms with E-state index in [-0.39, 0.29) is 0 Å². The molecule has 1 heterocycles. The first-order chi connectivity index (χ1) is 6.58. The summed E-state index contributed by atoms with van der Waals surface area (Å²) in [5.41, 5.74) is 0.988. The molecule has 1 rings (SSSR count). The van der Waals surface area contributed by atoms with Crippen molar-refractivity contribution in [3.05, 3.63) is 18.0 Å². The van der Waals surface area contributed by atoms with Gasteiger partial charge in [-0.3, -0.25) is 0 Å². The molecule has 0 saturated carbocycles. The fraction of sp³-hybridized carbons (Fsp3) is 0.600. The smallest absolute Gasteiger partial charge is 0.223 e. The molecule has 2 atom stereocenters. The number of rotatable bonds is 4. The number of halogens is 1. The average molecular weight is 258 g/mol. The topological polar surface area (TPSA) is 37.8 Å². The van der Waals surface area contributed by atoms with Crippen molar-refractivity contribution in [3.8, 4) is 0 Å². The molecule has 0 amide bonds. The zero-order valence-electron chi connectivity index (χ0n) is 8.79. The van der Waals surface area contributed by atoms with E-state index in [0.717, 1.165) is 12.1 Å². The summed E-state index contributed by atoms with van der Waals surface area (Å²) in [6, 6.07) is 2.27. The van der Waals surface area contributed by atoms with Crippen molar-refractivity contribution in [2.24, 2.45) is 0 Å². The van der Waals surface area contributed by atoms with Gasteiger partial charge < -0.3 is 5.32 Å². The molecule has 0 saturated heterocycles. The van der Waals surface area contributed by atoms with Gasteiger partial charge in [0.15, 0.2) is 0 Å². The Kier molecular flexibility index (Phi) is 4.32. The Morgan fingerprint density at radius 3 is 2.79 bits per heavy atom. The van der Waals surface area contributed by atoms with E-state index in [1.807, 2.05) is 13.0 Å². The second-order valence-electron chi connectivity index (χ2n) is 3.58. The minimum Gasteiger partial charge on any atom is -0.352 e. The fourth-order valence-corrected chi connectivity index (χ4v) is 1.85. The van der Waals surface area contributed by atoms with Crippen LogP contribution < -0.4 is 5.32 Å². The van der Waals surface area contributed by atoms with Crippen LogP contribution in [0, 0.1) is 6.92 Å². The summed E-state index contributed by atoms with van der Waals surface area (Å²) in [5.74, 6) is 0.714. The number of hydrogen-bond donors (Lipinski definition) is 1. The van der Waals surface area contributed by atoms with Crippen LogP contribution in [0.3, 0.4) is 0 Å². The summed E-state index contributed by atoms with van der Waals surface area (Å²) < 4.78 is 0. The monoisotopic (exact) mass is 257 g/mol. The fourth-order valence-electron chi connectivity index (χ4n) is 1.28. The van der Waals surface area contributed by atoms with Gasteiger partial charge in [-0.05, 0) is 26.3 Å². The third kappa shape index (κ3) is 4.05. The van der Waals surface area contributed by atoms with Gasteiger partial charge in [-0.1, -0.05) is 22.9 Å². The van der Waals surface area contributed by atoms with E-state index in [0.29, 0.717) is 16.8 Å². The van der Waals surface area contributed by atoms with E-state index < -0.39 is 0 Å². The van der Waals surface area contributed by atoms with Gasteiger partial charge in [-0.25, -0.2) is 9.97 Å². The maximum absolute atomic E-state index is 4.28. The van der Waals surface area contributed by atoms with Crippen LogP contribution in [0.15, 0.2) is 12.3 Å². The van der Waals surface area contributed by atoms with Crippen molar-refractivity contribution >= 4 is 21.9 Å². The third-order valence-corrected chi connectivity index (χ3v) is 2.22. The van der Waals surface area contributed by atoms with E-state index in [1.54, 1.807) is 6.20 Å². The molecule has 14 heavy (non-hydrogen) atoms. The van der Waals surface area contributed by atoms with Crippen LogP contribution in [-0.4, -0.2) is 20.8 Å². The Morgan fingerprint density at radius 2 is 2.21 bits per heavy atom. The minimum absolute atomic E-state index is 0.381. The van der Waals surface area contributed by atoms with Gasteiger partial charge in [0.2, 0.25) is 5.95 Å². The van der Waals surface area contributed by atoms with Crippen LogP contribution in [0.4, 0.5) is 5.95 Å². The molecule has 1 N–H and O–H groups in total. The second kappa shape index (κ2) is 5.29. The van der Waals surface area contributed by atoms with Crippen LogP contribution in [0.2, 0.25) is 0 Å². The van der Waals surface area contributed by atoms with Gasteiger partial charge in [0.1, 0.15) is 0 Å². The van der Waals surface area contributed by atoms with Crippen LogP contribution in [0.5, 0.6) is 0 Å². The average Bonchev–Trinajstić information content (AvgIpc) is 2.01. The Balaban J connectivity index is 2.51. The van der Waals surface area contributed by atoms with Crippen molar-refractivity contribution < 1.29 is 0 Å². The molecule has 4 heteroatoms. The third-order valence-electron chi connectivity index (χ3n) is 1.85. The molecule has 0 radical (unpaired) electrons. The molecule has 0 aliphatic heterocycles. The molecule has 1 aromatic rings. The van der Waals surface area contributed by atoms with Gasteiger partial charge in [-0.15, -0.1) is 0 Å². The summed E-state index contributed by atoms with van der Waals surface area (Å²) in [5, 5.41) is 3.26. The summed E-state index contributed by atoms with van der Waals surface area (Å²) in [6.45, 7) is 6.23. The highest BCUT2D eigenvalue weighted by Gasteiger charge is 2.06. The highest BCUT2D eigenvalue weighted by atomic mass is 79.9. The summed E-state index contributed by atoms with van der Waals surface area (Å²) in [6.07, 6.45) is 2.83. The standard InChI is InChI=1S/C10H16BrN3/c1-7(11)6-9(3)14-10-12-5-4-8(2)13-10/h4-5,7,9H,6H2,1-3H3,(H,12,13,14). The molecule has 0 fully saturated rings. The number of anilines is 1.